The fraction of sp³-hybridized carbons (Fsp3) is 0.353. The van der Waals surface area contributed by atoms with Crippen LogP contribution in [0.15, 0.2) is 30.3 Å². The number of aldehydes is 1. The number of nitrogens with one attached hydrogen (secondary N) is 1. The molecule has 24 heavy (non-hydrogen) atoms. The lowest BCUT2D eigenvalue weighted by Gasteiger charge is -2.45. The van der Waals surface area contributed by atoms with Crippen LogP contribution in [0.5, 0.6) is 5.75 Å². The zero-order valence-electron chi connectivity index (χ0n) is 13.2. The molecule has 4 rings (SSSR count). The molecular formula is C17H19N5O2. The predicted molar refractivity (Wildman–Crippen MR) is 91.3 cm³/mol. The fourth-order valence-corrected chi connectivity index (χ4v) is 3.45. The summed E-state index contributed by atoms with van der Waals surface area (Å²) < 4.78 is 0. The third-order valence-electron chi connectivity index (χ3n) is 4.67. The van der Waals surface area contributed by atoms with Crippen LogP contribution in [0.3, 0.4) is 0 Å². The summed E-state index contributed by atoms with van der Waals surface area (Å²) in [5, 5.41) is 21.9. The second-order valence-electron chi connectivity index (χ2n) is 6.13. The molecule has 2 aliphatic heterocycles. The third-order valence-corrected chi connectivity index (χ3v) is 4.67. The average Bonchev–Trinajstić information content (AvgIpc) is 2.62. The Morgan fingerprint density at radius 3 is 3.00 bits per heavy atom. The number of hydrogen-bond donors (Lipinski definition) is 2. The van der Waals surface area contributed by atoms with Crippen molar-refractivity contribution in [2.75, 3.05) is 42.9 Å². The Morgan fingerprint density at radius 2 is 2.17 bits per heavy atom. The second kappa shape index (κ2) is 6.09. The van der Waals surface area contributed by atoms with E-state index < -0.39 is 0 Å². The van der Waals surface area contributed by atoms with Crippen LogP contribution in [0, 0.1) is 0 Å². The molecule has 124 valence electrons. The fourth-order valence-electron chi connectivity index (χ4n) is 3.45. The van der Waals surface area contributed by atoms with E-state index in [1.807, 2.05) is 18.2 Å². The van der Waals surface area contributed by atoms with Crippen LogP contribution in [-0.2, 0) is 4.79 Å². The summed E-state index contributed by atoms with van der Waals surface area (Å²) in [6, 6.07) is 9.42. The van der Waals surface area contributed by atoms with Crippen molar-refractivity contribution < 1.29 is 9.90 Å². The number of anilines is 2. The van der Waals surface area contributed by atoms with Crippen molar-refractivity contribution >= 4 is 17.8 Å². The lowest BCUT2D eigenvalue weighted by Crippen LogP contribution is -2.58. The van der Waals surface area contributed by atoms with E-state index >= 15 is 0 Å². The molecule has 2 N–H and O–H groups in total. The number of phenols is 1. The normalized spacial score (nSPS) is 20.0. The molecule has 0 bridgehead atoms. The number of carbonyl (C=O) groups is 1. The highest BCUT2D eigenvalue weighted by Crippen LogP contribution is 2.35. The summed E-state index contributed by atoms with van der Waals surface area (Å²) in [7, 11) is 0. The van der Waals surface area contributed by atoms with Crippen LogP contribution >= 0.6 is 0 Å². The molecule has 0 amide bonds. The minimum Gasteiger partial charge on any atom is -0.507 e. The summed E-state index contributed by atoms with van der Waals surface area (Å²) in [5.74, 6) is 0.970. The van der Waals surface area contributed by atoms with E-state index in [9.17, 15) is 9.90 Å². The van der Waals surface area contributed by atoms with E-state index in [0.717, 1.165) is 44.0 Å². The van der Waals surface area contributed by atoms with Crippen LogP contribution in [0.25, 0.3) is 11.3 Å². The number of phenolic OH excluding ortho intramolecular Hbond substituents is 1. The first-order valence-corrected chi connectivity index (χ1v) is 8.09. The first kappa shape index (κ1) is 14.9. The minimum absolute atomic E-state index is 0.197. The Hall–Kier alpha value is -2.67. The Morgan fingerprint density at radius 1 is 1.29 bits per heavy atom. The van der Waals surface area contributed by atoms with Gasteiger partial charge in [-0.2, -0.15) is 0 Å². The molecule has 3 heterocycles. The van der Waals surface area contributed by atoms with Gasteiger partial charge >= 0.3 is 0 Å². The number of nitrogens with zero attached hydrogens (tertiary/aromatic N) is 4. The summed E-state index contributed by atoms with van der Waals surface area (Å²) in [6.45, 7) is 3.81. The number of aromatic nitrogens is 2. The van der Waals surface area contributed by atoms with E-state index in [1.165, 1.54) is 0 Å². The predicted octanol–water partition coefficient (Wildman–Crippen LogP) is 0.964. The van der Waals surface area contributed by atoms with Gasteiger partial charge in [-0.15, -0.1) is 10.2 Å². The number of fused-ring (bicyclic) bond motifs is 3. The van der Waals surface area contributed by atoms with Gasteiger partial charge in [-0.3, -0.25) is 4.90 Å². The molecule has 0 aliphatic carbocycles. The van der Waals surface area contributed by atoms with Gasteiger partial charge in [-0.1, -0.05) is 12.1 Å². The van der Waals surface area contributed by atoms with Crippen LogP contribution in [0.4, 0.5) is 11.5 Å². The van der Waals surface area contributed by atoms with E-state index in [-0.39, 0.29) is 5.75 Å². The number of aromatic hydroxyl groups is 1. The van der Waals surface area contributed by atoms with Gasteiger partial charge in [0.15, 0.2) is 5.82 Å². The van der Waals surface area contributed by atoms with Crippen molar-refractivity contribution in [1.82, 2.24) is 15.1 Å². The number of carbonyl (C=O) groups excluding carboxylic acids is 1. The maximum absolute atomic E-state index is 10.8. The molecule has 2 aliphatic rings. The topological polar surface area (TPSA) is 81.6 Å². The zero-order valence-corrected chi connectivity index (χ0v) is 13.2. The molecule has 1 aromatic heterocycles. The van der Waals surface area contributed by atoms with Crippen molar-refractivity contribution in [1.29, 1.82) is 0 Å². The van der Waals surface area contributed by atoms with Crippen LogP contribution in [0.1, 0.15) is 0 Å². The summed E-state index contributed by atoms with van der Waals surface area (Å²) in [6.07, 6.45) is 0.960. The van der Waals surface area contributed by atoms with E-state index in [2.05, 4.69) is 25.3 Å². The molecule has 1 atom stereocenters. The van der Waals surface area contributed by atoms with Crippen molar-refractivity contribution in [2.45, 2.75) is 6.04 Å². The van der Waals surface area contributed by atoms with Gasteiger partial charge in [-0.25, -0.2) is 0 Å². The van der Waals surface area contributed by atoms with E-state index in [1.54, 1.807) is 12.1 Å². The van der Waals surface area contributed by atoms with Crippen molar-refractivity contribution in [3.8, 4) is 17.0 Å². The monoisotopic (exact) mass is 325 g/mol. The molecule has 0 radical (unpaired) electrons. The lowest BCUT2D eigenvalue weighted by atomic mass is 10.1. The molecule has 0 spiro atoms. The molecule has 1 saturated heterocycles. The molecule has 0 saturated carbocycles. The van der Waals surface area contributed by atoms with Gasteiger partial charge in [0, 0.05) is 31.7 Å². The minimum atomic E-state index is 0.197. The third kappa shape index (κ3) is 2.56. The molecule has 1 fully saturated rings. The van der Waals surface area contributed by atoms with Gasteiger partial charge in [0.1, 0.15) is 12.0 Å². The summed E-state index contributed by atoms with van der Waals surface area (Å²) >= 11 is 0. The first-order valence-electron chi connectivity index (χ1n) is 8.09. The molecule has 1 aromatic carbocycles. The van der Waals surface area contributed by atoms with Crippen LogP contribution in [0.2, 0.25) is 0 Å². The smallest absolute Gasteiger partial charge is 0.172 e. The van der Waals surface area contributed by atoms with Gasteiger partial charge in [0.25, 0.3) is 0 Å². The average molecular weight is 325 g/mol. The molecule has 7 heteroatoms. The molecule has 0 unspecified atom stereocenters. The second-order valence-corrected chi connectivity index (χ2v) is 6.13. The maximum atomic E-state index is 10.8. The molecule has 2 aromatic rings. The SMILES string of the molecule is O=CCN1CCN2c3cc(-c4ccccc4O)nnc3NC[C@H]2C1. The van der Waals surface area contributed by atoms with Crippen LogP contribution in [-0.4, -0.2) is 65.3 Å². The largest absolute Gasteiger partial charge is 0.507 e. The van der Waals surface area contributed by atoms with E-state index in [0.29, 0.717) is 23.8 Å². The van der Waals surface area contributed by atoms with Crippen molar-refractivity contribution in [2.24, 2.45) is 0 Å². The highest BCUT2D eigenvalue weighted by Gasteiger charge is 2.32. The summed E-state index contributed by atoms with van der Waals surface area (Å²) in [4.78, 5) is 15.2. The van der Waals surface area contributed by atoms with Crippen LogP contribution < -0.4 is 10.2 Å². The number of piperazine rings is 1. The molecule has 7 nitrogen and oxygen atoms in total. The van der Waals surface area contributed by atoms with Crippen molar-refractivity contribution in [3.63, 3.8) is 0 Å². The standard InChI is InChI=1S/C17H19N5O2/c23-8-7-21-5-6-22-12(11-21)10-18-17-15(22)9-14(19-20-17)13-3-1-2-4-16(13)24/h1-4,8-9,12,24H,5-7,10-11H2,(H,18,20)/t12-/m0/s1. The van der Waals surface area contributed by atoms with Crippen molar-refractivity contribution in [3.05, 3.63) is 30.3 Å². The number of rotatable bonds is 3. The van der Waals surface area contributed by atoms with E-state index in [4.69, 9.17) is 0 Å². The first-order chi connectivity index (χ1) is 11.8. The number of hydrogen-bond acceptors (Lipinski definition) is 7. The number of para-hydroxylation sites is 1. The zero-order chi connectivity index (χ0) is 16.5. The van der Waals surface area contributed by atoms with Gasteiger partial charge in [0.05, 0.1) is 24.0 Å². The highest BCUT2D eigenvalue weighted by molar-refractivity contribution is 5.76. The Labute approximate surface area is 139 Å². The van der Waals surface area contributed by atoms with Gasteiger partial charge in [-0.05, 0) is 18.2 Å². The quantitative estimate of drug-likeness (QED) is 0.814. The summed E-state index contributed by atoms with van der Waals surface area (Å²) in [5.41, 5.74) is 2.34. The molecular weight excluding hydrogens is 306 g/mol. The highest BCUT2D eigenvalue weighted by atomic mass is 16.3. The van der Waals surface area contributed by atoms with Gasteiger partial charge < -0.3 is 20.1 Å². The maximum Gasteiger partial charge on any atom is 0.172 e. The lowest BCUT2D eigenvalue weighted by molar-refractivity contribution is -0.109. The van der Waals surface area contributed by atoms with Gasteiger partial charge in [0.2, 0.25) is 0 Å². The Balaban J connectivity index is 1.66. The Bertz CT molecular complexity index is 766. The Kier molecular flexibility index (Phi) is 3.78. The number of benzene rings is 1.